The average molecular weight is 427 g/mol. The molecular weight excluding hydrogens is 388 g/mol. The standard InChI is InChI=1S/C24H39B2NO4/c1-17(2)19-10-9-11-20(18(3)4)21(19)27-23(7,8)16-22(5,6)24(27,25-28-12-13-29-25)26-30-14-15-31-26/h9-11,17-18H,12-16H2,1-8H3. The van der Waals surface area contributed by atoms with E-state index in [0.717, 1.165) is 6.42 Å². The lowest BCUT2D eigenvalue weighted by Crippen LogP contribution is -2.74. The fraction of sp³-hybridized carbons (Fsp3) is 0.750. The summed E-state index contributed by atoms with van der Waals surface area (Å²) in [4.78, 5) is 2.61. The predicted molar refractivity (Wildman–Crippen MR) is 128 cm³/mol. The van der Waals surface area contributed by atoms with E-state index < -0.39 is 19.6 Å². The second kappa shape index (κ2) is 8.09. The van der Waals surface area contributed by atoms with E-state index in [0.29, 0.717) is 38.3 Å². The van der Waals surface area contributed by atoms with Crippen LogP contribution in [-0.4, -0.2) is 51.5 Å². The Labute approximate surface area is 189 Å². The number of hydrogen-bond acceptors (Lipinski definition) is 5. The molecule has 0 saturated carbocycles. The van der Waals surface area contributed by atoms with E-state index in [1.165, 1.54) is 16.8 Å². The van der Waals surface area contributed by atoms with Crippen LogP contribution >= 0.6 is 0 Å². The van der Waals surface area contributed by atoms with Gasteiger partial charge in [-0.2, -0.15) is 0 Å². The molecule has 0 unspecified atom stereocenters. The second-order valence-electron chi connectivity index (χ2n) is 11.3. The highest BCUT2D eigenvalue weighted by atomic mass is 16.7. The van der Waals surface area contributed by atoms with Gasteiger partial charge in [0.2, 0.25) is 0 Å². The molecule has 3 aliphatic heterocycles. The molecule has 0 aromatic heterocycles. The van der Waals surface area contributed by atoms with Crippen molar-refractivity contribution in [1.82, 2.24) is 0 Å². The summed E-state index contributed by atoms with van der Waals surface area (Å²) in [5, 5.41) is -0.599. The zero-order valence-electron chi connectivity index (χ0n) is 20.7. The smallest absolute Gasteiger partial charge is 0.408 e. The van der Waals surface area contributed by atoms with Gasteiger partial charge in [-0.1, -0.05) is 59.7 Å². The first-order chi connectivity index (χ1) is 14.5. The molecule has 3 fully saturated rings. The first-order valence-corrected chi connectivity index (χ1v) is 11.9. The normalized spacial score (nSPS) is 24.8. The van der Waals surface area contributed by atoms with Crippen molar-refractivity contribution in [3.05, 3.63) is 29.3 Å². The van der Waals surface area contributed by atoms with Gasteiger partial charge in [0.25, 0.3) is 0 Å². The van der Waals surface area contributed by atoms with E-state index in [-0.39, 0.29) is 11.0 Å². The second-order valence-corrected chi connectivity index (χ2v) is 11.3. The van der Waals surface area contributed by atoms with Crippen LogP contribution in [0.4, 0.5) is 5.69 Å². The number of nitrogens with zero attached hydrogens (tertiary/aromatic N) is 1. The van der Waals surface area contributed by atoms with Gasteiger partial charge in [-0.3, -0.25) is 0 Å². The maximum Gasteiger partial charge on any atom is 0.482 e. The summed E-state index contributed by atoms with van der Waals surface area (Å²) in [6, 6.07) is 6.77. The van der Waals surface area contributed by atoms with Crippen molar-refractivity contribution in [1.29, 1.82) is 0 Å². The van der Waals surface area contributed by atoms with Gasteiger partial charge in [0.05, 0.1) is 26.4 Å². The van der Waals surface area contributed by atoms with E-state index in [2.05, 4.69) is 78.5 Å². The Hall–Kier alpha value is -1.01. The van der Waals surface area contributed by atoms with Gasteiger partial charge < -0.3 is 23.5 Å². The quantitative estimate of drug-likeness (QED) is 0.630. The molecule has 4 rings (SSSR count). The summed E-state index contributed by atoms with van der Waals surface area (Å²) in [7, 11) is -0.819. The van der Waals surface area contributed by atoms with Crippen LogP contribution in [0.25, 0.3) is 0 Å². The van der Waals surface area contributed by atoms with Gasteiger partial charge in [0.15, 0.2) is 0 Å². The number of benzene rings is 1. The summed E-state index contributed by atoms with van der Waals surface area (Å²) in [5.74, 6) is 0.781. The summed E-state index contributed by atoms with van der Waals surface area (Å²) in [6.45, 7) is 20.9. The van der Waals surface area contributed by atoms with Gasteiger partial charge in [0.1, 0.15) is 5.34 Å². The first-order valence-electron chi connectivity index (χ1n) is 11.9. The van der Waals surface area contributed by atoms with E-state index in [1.807, 2.05) is 0 Å². The van der Waals surface area contributed by atoms with Crippen molar-refractivity contribution in [2.24, 2.45) is 5.41 Å². The topological polar surface area (TPSA) is 40.2 Å². The first kappa shape index (κ1) is 23.2. The molecule has 3 saturated heterocycles. The average Bonchev–Trinajstić information content (AvgIpc) is 3.40. The van der Waals surface area contributed by atoms with Crippen molar-refractivity contribution in [2.45, 2.75) is 84.5 Å². The van der Waals surface area contributed by atoms with Crippen molar-refractivity contribution in [2.75, 3.05) is 31.3 Å². The minimum Gasteiger partial charge on any atom is -0.408 e. The van der Waals surface area contributed by atoms with Crippen LogP contribution in [0.3, 0.4) is 0 Å². The summed E-state index contributed by atoms with van der Waals surface area (Å²) < 4.78 is 25.2. The molecule has 3 heterocycles. The Balaban J connectivity index is 2.05. The van der Waals surface area contributed by atoms with E-state index in [4.69, 9.17) is 18.6 Å². The van der Waals surface area contributed by atoms with Crippen molar-refractivity contribution in [3.8, 4) is 0 Å². The molecule has 3 aliphatic rings. The lowest BCUT2D eigenvalue weighted by Gasteiger charge is -2.52. The highest BCUT2D eigenvalue weighted by molar-refractivity contribution is 6.73. The Morgan fingerprint density at radius 2 is 1.19 bits per heavy atom. The number of rotatable bonds is 5. The lowest BCUT2D eigenvalue weighted by molar-refractivity contribution is 0.223. The third kappa shape index (κ3) is 3.47. The molecule has 170 valence electrons. The molecule has 31 heavy (non-hydrogen) atoms. The lowest BCUT2D eigenvalue weighted by atomic mass is 9.36. The van der Waals surface area contributed by atoms with Gasteiger partial charge >= 0.3 is 14.2 Å². The van der Waals surface area contributed by atoms with Crippen molar-refractivity contribution < 1.29 is 18.6 Å². The fourth-order valence-electron chi connectivity index (χ4n) is 6.55. The predicted octanol–water partition coefficient (Wildman–Crippen LogP) is 4.84. The fourth-order valence-corrected chi connectivity index (χ4v) is 6.55. The maximum atomic E-state index is 6.31. The molecule has 0 N–H and O–H groups in total. The number of hydrogen-bond donors (Lipinski definition) is 0. The highest BCUT2D eigenvalue weighted by Gasteiger charge is 2.76. The zero-order valence-corrected chi connectivity index (χ0v) is 20.7. The molecule has 0 bridgehead atoms. The number of anilines is 1. The van der Waals surface area contributed by atoms with Gasteiger partial charge in [0, 0.05) is 11.2 Å². The molecule has 0 spiro atoms. The van der Waals surface area contributed by atoms with E-state index in [9.17, 15) is 0 Å². The Morgan fingerprint density at radius 3 is 1.58 bits per heavy atom. The Bertz CT molecular complexity index is 757. The van der Waals surface area contributed by atoms with Crippen LogP contribution in [-0.2, 0) is 18.6 Å². The molecule has 0 radical (unpaired) electrons. The van der Waals surface area contributed by atoms with Crippen LogP contribution in [0.15, 0.2) is 18.2 Å². The van der Waals surface area contributed by atoms with Crippen LogP contribution in [0, 0.1) is 5.41 Å². The van der Waals surface area contributed by atoms with Crippen LogP contribution in [0.5, 0.6) is 0 Å². The van der Waals surface area contributed by atoms with Gasteiger partial charge in [-0.05, 0) is 48.6 Å². The molecule has 5 nitrogen and oxygen atoms in total. The summed E-state index contributed by atoms with van der Waals surface area (Å²) in [5.41, 5.74) is 3.72. The summed E-state index contributed by atoms with van der Waals surface area (Å²) in [6.07, 6.45) is 0.983. The van der Waals surface area contributed by atoms with Gasteiger partial charge in [-0.25, -0.2) is 0 Å². The minimum atomic E-state index is -0.599. The molecule has 7 heteroatoms. The van der Waals surface area contributed by atoms with Crippen molar-refractivity contribution in [3.63, 3.8) is 0 Å². The van der Waals surface area contributed by atoms with Crippen LogP contribution in [0.2, 0.25) is 0 Å². The van der Waals surface area contributed by atoms with Crippen LogP contribution < -0.4 is 4.90 Å². The summed E-state index contributed by atoms with van der Waals surface area (Å²) >= 11 is 0. The van der Waals surface area contributed by atoms with Crippen molar-refractivity contribution >= 4 is 19.9 Å². The van der Waals surface area contributed by atoms with E-state index >= 15 is 0 Å². The molecule has 0 amide bonds. The SMILES string of the molecule is CC(C)c1cccc(C(C)C)c1N1C(C)(C)CC(C)(C)C1(B1OCCO1)B1OCCO1. The van der Waals surface area contributed by atoms with Crippen LogP contribution in [0.1, 0.15) is 84.8 Å². The zero-order chi connectivity index (χ0) is 22.6. The third-order valence-electron chi connectivity index (χ3n) is 7.46. The molecular formula is C24H39B2NO4. The molecule has 1 aromatic rings. The minimum absolute atomic E-state index is 0.136. The monoisotopic (exact) mass is 427 g/mol. The third-order valence-corrected chi connectivity index (χ3v) is 7.46. The molecule has 0 aliphatic carbocycles. The van der Waals surface area contributed by atoms with E-state index in [1.54, 1.807) is 0 Å². The Morgan fingerprint density at radius 1 is 0.774 bits per heavy atom. The Kier molecular flexibility index (Phi) is 6.04. The largest absolute Gasteiger partial charge is 0.482 e. The highest BCUT2D eigenvalue weighted by Crippen LogP contribution is 2.60. The number of para-hydroxylation sites is 1. The molecule has 1 aromatic carbocycles. The van der Waals surface area contributed by atoms with Gasteiger partial charge in [-0.15, -0.1) is 0 Å². The maximum absolute atomic E-state index is 6.31. The molecule has 0 atom stereocenters.